The Kier molecular flexibility index (Phi) is 7.32. The molecule has 1 aliphatic heterocycles. The molecule has 1 unspecified atom stereocenters. The molecule has 1 atom stereocenters. The first-order chi connectivity index (χ1) is 9.49. The maximum Gasteiger partial charge on any atom is 0.315 e. The minimum Gasteiger partial charge on any atom is -0.481 e. The third-order valence-electron chi connectivity index (χ3n) is 3.44. The van der Waals surface area contributed by atoms with Crippen LogP contribution < -0.4 is 16.0 Å². The lowest BCUT2D eigenvalue weighted by Gasteiger charge is -2.27. The molecule has 0 radical (unpaired) electrons. The van der Waals surface area contributed by atoms with Gasteiger partial charge in [0.25, 0.3) is 0 Å². The molecule has 0 aliphatic carbocycles. The van der Waals surface area contributed by atoms with Gasteiger partial charge in [-0.15, -0.1) is 0 Å². The third kappa shape index (κ3) is 6.72. The normalized spacial score (nSPS) is 17.8. The fraction of sp³-hybridized carbons (Fsp3) is 0.846. The number of piperazine rings is 1. The van der Waals surface area contributed by atoms with E-state index in [1.165, 1.54) is 0 Å². The van der Waals surface area contributed by atoms with Gasteiger partial charge in [0, 0.05) is 45.3 Å². The van der Waals surface area contributed by atoms with E-state index in [0.717, 1.165) is 32.7 Å². The monoisotopic (exact) mass is 286 g/mol. The lowest BCUT2D eigenvalue weighted by Crippen LogP contribution is -2.49. The highest BCUT2D eigenvalue weighted by molar-refractivity contribution is 5.75. The number of aliphatic carboxylic acids is 1. The van der Waals surface area contributed by atoms with Crippen LogP contribution in [0.3, 0.4) is 0 Å². The van der Waals surface area contributed by atoms with Crippen molar-refractivity contribution in [2.45, 2.75) is 26.3 Å². The molecule has 0 saturated carbocycles. The number of nitrogens with zero attached hydrogens (tertiary/aromatic N) is 1. The molecule has 2 amide bonds. The van der Waals surface area contributed by atoms with Crippen molar-refractivity contribution in [3.63, 3.8) is 0 Å². The predicted octanol–water partition coefficient (Wildman–Crippen LogP) is -0.310. The zero-order chi connectivity index (χ0) is 15.0. The first kappa shape index (κ1) is 16.7. The second-order valence-corrected chi connectivity index (χ2v) is 5.44. The highest BCUT2D eigenvalue weighted by Crippen LogP contribution is 2.05. The summed E-state index contributed by atoms with van der Waals surface area (Å²) in [4.78, 5) is 24.8. The van der Waals surface area contributed by atoms with Crippen LogP contribution in [-0.2, 0) is 4.79 Å². The summed E-state index contributed by atoms with van der Waals surface area (Å²) in [5, 5.41) is 17.6. The molecular formula is C13H26N4O3. The summed E-state index contributed by atoms with van der Waals surface area (Å²) in [6, 6.07) is -0.633. The fourth-order valence-electron chi connectivity index (χ4n) is 2.12. The lowest BCUT2D eigenvalue weighted by atomic mass is 10.0. The van der Waals surface area contributed by atoms with Gasteiger partial charge in [0.1, 0.15) is 0 Å². The van der Waals surface area contributed by atoms with Crippen LogP contribution in [0.1, 0.15) is 20.3 Å². The van der Waals surface area contributed by atoms with Crippen LogP contribution in [0.4, 0.5) is 4.79 Å². The molecular weight excluding hydrogens is 260 g/mol. The van der Waals surface area contributed by atoms with E-state index in [4.69, 9.17) is 5.11 Å². The van der Waals surface area contributed by atoms with E-state index in [9.17, 15) is 9.59 Å². The molecule has 7 heteroatoms. The van der Waals surface area contributed by atoms with Gasteiger partial charge in [-0.2, -0.15) is 0 Å². The van der Waals surface area contributed by atoms with E-state index in [2.05, 4.69) is 20.9 Å². The Morgan fingerprint density at radius 3 is 2.50 bits per heavy atom. The van der Waals surface area contributed by atoms with Gasteiger partial charge in [-0.1, -0.05) is 13.8 Å². The smallest absolute Gasteiger partial charge is 0.315 e. The minimum absolute atomic E-state index is 0.0527. The Hall–Kier alpha value is -1.34. The van der Waals surface area contributed by atoms with Crippen LogP contribution in [0.2, 0.25) is 0 Å². The summed E-state index contributed by atoms with van der Waals surface area (Å²) in [7, 11) is 0. The SMILES string of the molecule is CC(C)C(CC(=O)O)NC(=O)NCCN1CCNCC1. The van der Waals surface area contributed by atoms with Crippen molar-refractivity contribution in [3.05, 3.63) is 0 Å². The first-order valence-corrected chi connectivity index (χ1v) is 7.18. The largest absolute Gasteiger partial charge is 0.481 e. The molecule has 0 aromatic rings. The van der Waals surface area contributed by atoms with E-state index < -0.39 is 5.97 Å². The highest BCUT2D eigenvalue weighted by Gasteiger charge is 2.19. The first-order valence-electron chi connectivity index (χ1n) is 7.18. The number of urea groups is 1. The summed E-state index contributed by atoms with van der Waals surface area (Å²) in [5.74, 6) is -0.810. The number of rotatable bonds is 7. The number of hydrogen-bond acceptors (Lipinski definition) is 4. The van der Waals surface area contributed by atoms with Gasteiger partial charge >= 0.3 is 12.0 Å². The Labute approximate surface area is 120 Å². The maximum atomic E-state index is 11.7. The molecule has 7 nitrogen and oxygen atoms in total. The van der Waals surface area contributed by atoms with E-state index in [-0.39, 0.29) is 24.4 Å². The summed E-state index contributed by atoms with van der Waals surface area (Å²) in [5.41, 5.74) is 0. The Balaban J connectivity index is 2.21. The van der Waals surface area contributed by atoms with Gasteiger partial charge in [-0.25, -0.2) is 4.79 Å². The van der Waals surface area contributed by atoms with E-state index in [1.54, 1.807) is 0 Å². The molecule has 116 valence electrons. The highest BCUT2D eigenvalue weighted by atomic mass is 16.4. The van der Waals surface area contributed by atoms with Crippen LogP contribution in [0.15, 0.2) is 0 Å². The van der Waals surface area contributed by atoms with Gasteiger partial charge in [0.15, 0.2) is 0 Å². The quantitative estimate of drug-likeness (QED) is 0.515. The number of nitrogens with one attached hydrogen (secondary N) is 3. The topological polar surface area (TPSA) is 93.7 Å². The van der Waals surface area contributed by atoms with E-state index in [1.807, 2.05) is 13.8 Å². The Morgan fingerprint density at radius 1 is 1.30 bits per heavy atom. The molecule has 0 spiro atoms. The van der Waals surface area contributed by atoms with Gasteiger partial charge in [-0.05, 0) is 5.92 Å². The summed E-state index contributed by atoms with van der Waals surface area (Å²) in [6.07, 6.45) is -0.0527. The van der Waals surface area contributed by atoms with Crippen molar-refractivity contribution in [2.24, 2.45) is 5.92 Å². The fourth-order valence-corrected chi connectivity index (χ4v) is 2.12. The second-order valence-electron chi connectivity index (χ2n) is 5.44. The number of carboxylic acid groups (broad SMARTS) is 1. The van der Waals surface area contributed by atoms with Crippen molar-refractivity contribution in [3.8, 4) is 0 Å². The number of carboxylic acids is 1. The maximum absolute atomic E-state index is 11.7. The number of hydrogen-bond donors (Lipinski definition) is 4. The summed E-state index contributed by atoms with van der Waals surface area (Å²) >= 11 is 0. The average Bonchev–Trinajstić information content (AvgIpc) is 2.38. The molecule has 1 fully saturated rings. The molecule has 20 heavy (non-hydrogen) atoms. The van der Waals surface area contributed by atoms with Crippen LogP contribution in [0, 0.1) is 5.92 Å². The zero-order valence-corrected chi connectivity index (χ0v) is 12.3. The van der Waals surface area contributed by atoms with Crippen molar-refractivity contribution in [1.82, 2.24) is 20.9 Å². The predicted molar refractivity (Wildman–Crippen MR) is 76.7 cm³/mol. The molecule has 0 bridgehead atoms. The van der Waals surface area contributed by atoms with Crippen LogP contribution in [0.25, 0.3) is 0 Å². The molecule has 1 aliphatic rings. The standard InChI is InChI=1S/C13H26N4O3/c1-10(2)11(9-12(18)19)16-13(20)15-5-8-17-6-3-14-4-7-17/h10-11,14H,3-9H2,1-2H3,(H,18,19)(H2,15,16,20). The Morgan fingerprint density at radius 2 is 1.95 bits per heavy atom. The molecule has 0 aromatic carbocycles. The third-order valence-corrected chi connectivity index (χ3v) is 3.44. The van der Waals surface area contributed by atoms with Crippen molar-refractivity contribution in [1.29, 1.82) is 0 Å². The molecule has 0 aromatic heterocycles. The van der Waals surface area contributed by atoms with Crippen molar-refractivity contribution < 1.29 is 14.7 Å². The van der Waals surface area contributed by atoms with Crippen molar-refractivity contribution in [2.75, 3.05) is 39.3 Å². The molecule has 1 saturated heterocycles. The number of carbonyl (C=O) groups is 2. The van der Waals surface area contributed by atoms with Gasteiger partial charge in [0.05, 0.1) is 6.42 Å². The molecule has 1 rings (SSSR count). The number of amides is 2. The van der Waals surface area contributed by atoms with E-state index >= 15 is 0 Å². The lowest BCUT2D eigenvalue weighted by molar-refractivity contribution is -0.137. The van der Waals surface area contributed by atoms with Gasteiger partial charge in [-0.3, -0.25) is 9.69 Å². The minimum atomic E-state index is -0.898. The van der Waals surface area contributed by atoms with Crippen LogP contribution in [0.5, 0.6) is 0 Å². The summed E-state index contributed by atoms with van der Waals surface area (Å²) in [6.45, 7) is 9.15. The zero-order valence-electron chi connectivity index (χ0n) is 12.3. The average molecular weight is 286 g/mol. The van der Waals surface area contributed by atoms with Crippen LogP contribution >= 0.6 is 0 Å². The Bertz CT molecular complexity index is 317. The van der Waals surface area contributed by atoms with Crippen LogP contribution in [-0.4, -0.2) is 67.3 Å². The summed E-state index contributed by atoms with van der Waals surface area (Å²) < 4.78 is 0. The van der Waals surface area contributed by atoms with Gasteiger partial charge < -0.3 is 21.1 Å². The van der Waals surface area contributed by atoms with E-state index in [0.29, 0.717) is 6.54 Å². The molecule has 1 heterocycles. The number of carbonyl (C=O) groups excluding carboxylic acids is 1. The second kappa shape index (κ2) is 8.76. The molecule has 4 N–H and O–H groups in total. The van der Waals surface area contributed by atoms with Gasteiger partial charge in [0.2, 0.25) is 0 Å². The van der Waals surface area contributed by atoms with Crippen molar-refractivity contribution >= 4 is 12.0 Å².